The molecule has 0 bridgehead atoms. The first-order valence-corrected chi connectivity index (χ1v) is 16.6. The molecule has 2 heterocycles. The molecule has 0 aromatic carbocycles. The summed E-state index contributed by atoms with van der Waals surface area (Å²) >= 11 is 6.22. The van der Waals surface area contributed by atoms with Gasteiger partial charge in [-0.2, -0.15) is 0 Å². The molecule has 1 N–H and O–H groups in total. The van der Waals surface area contributed by atoms with E-state index in [1.165, 1.54) is 64.3 Å². The van der Waals surface area contributed by atoms with Crippen molar-refractivity contribution in [1.29, 1.82) is 0 Å². The van der Waals surface area contributed by atoms with Gasteiger partial charge >= 0.3 is 0 Å². The maximum atomic E-state index is 12.2. The highest BCUT2D eigenvalue weighted by molar-refractivity contribution is 6.20. The largest absolute Gasteiger partial charge is 0.388 e. The Labute approximate surface area is 248 Å². The highest BCUT2D eigenvalue weighted by Crippen LogP contribution is 2.41. The molecule has 5 aliphatic rings. The van der Waals surface area contributed by atoms with Crippen LogP contribution in [0.3, 0.4) is 0 Å². The first kappa shape index (κ1) is 33.3. The fourth-order valence-electron chi connectivity index (χ4n) is 7.79. The van der Waals surface area contributed by atoms with Crippen LogP contribution >= 0.6 is 11.6 Å². The summed E-state index contributed by atoms with van der Waals surface area (Å²) in [4.78, 5) is 38.2. The van der Waals surface area contributed by atoms with Crippen molar-refractivity contribution >= 4 is 30.2 Å². The Kier molecular flexibility index (Phi) is 14.7. The third-order valence-electron chi connectivity index (χ3n) is 10.1. The lowest BCUT2D eigenvalue weighted by atomic mass is 9.84. The van der Waals surface area contributed by atoms with Crippen LogP contribution in [0.25, 0.3) is 0 Å². The summed E-state index contributed by atoms with van der Waals surface area (Å²) in [5, 5.41) is 3.55. The Morgan fingerprint density at radius 2 is 1.57 bits per heavy atom. The maximum Gasteiger partial charge on any atom is 0.223 e. The van der Waals surface area contributed by atoms with Gasteiger partial charge in [0.15, 0.2) is 0 Å². The van der Waals surface area contributed by atoms with Crippen LogP contribution in [-0.4, -0.2) is 85.8 Å². The second-order valence-corrected chi connectivity index (χ2v) is 13.7. The van der Waals surface area contributed by atoms with E-state index < -0.39 is 0 Å². The van der Waals surface area contributed by atoms with Crippen molar-refractivity contribution < 1.29 is 19.1 Å². The SMILES string of the molecule is CC1CC2CCCCC2N1CC1CCC(Cl)CC1.COC.O=CC1CCCC(NC(=O)C2CCN(C=O)CC2)C1. The lowest BCUT2D eigenvalue weighted by Gasteiger charge is -2.37. The molecule has 3 saturated carbocycles. The molecule has 40 heavy (non-hydrogen) atoms. The number of amides is 2. The number of fused-ring (bicyclic) bond motifs is 1. The molecule has 0 radical (unpaired) electrons. The minimum absolute atomic E-state index is 0.0211. The summed E-state index contributed by atoms with van der Waals surface area (Å²) in [6, 6.07) is 1.93. The van der Waals surface area contributed by atoms with Crippen molar-refractivity contribution in [3.63, 3.8) is 0 Å². The van der Waals surface area contributed by atoms with Crippen LogP contribution in [0, 0.1) is 23.7 Å². The van der Waals surface area contributed by atoms with Gasteiger partial charge in [-0.15, -0.1) is 11.6 Å². The van der Waals surface area contributed by atoms with Crippen molar-refractivity contribution in [2.75, 3.05) is 33.9 Å². The topological polar surface area (TPSA) is 79.0 Å². The Morgan fingerprint density at radius 3 is 2.23 bits per heavy atom. The van der Waals surface area contributed by atoms with Gasteiger partial charge in [-0.3, -0.25) is 14.5 Å². The van der Waals surface area contributed by atoms with E-state index in [0.29, 0.717) is 18.5 Å². The lowest BCUT2D eigenvalue weighted by Crippen LogP contribution is -2.45. The summed E-state index contributed by atoms with van der Waals surface area (Å²) in [5.74, 6) is 2.19. The summed E-state index contributed by atoms with van der Waals surface area (Å²) in [6.07, 6.45) is 19.7. The molecular formula is C32H56ClN3O4. The molecule has 3 aliphatic carbocycles. The minimum Gasteiger partial charge on any atom is -0.388 e. The van der Waals surface area contributed by atoms with Crippen molar-refractivity contribution in [2.45, 2.75) is 127 Å². The van der Waals surface area contributed by atoms with E-state index in [4.69, 9.17) is 11.6 Å². The molecule has 5 atom stereocenters. The molecule has 5 rings (SSSR count). The van der Waals surface area contributed by atoms with E-state index >= 15 is 0 Å². The summed E-state index contributed by atoms with van der Waals surface area (Å²) in [7, 11) is 3.25. The van der Waals surface area contributed by atoms with Gasteiger partial charge in [0.05, 0.1) is 0 Å². The maximum absolute atomic E-state index is 12.2. The van der Waals surface area contributed by atoms with E-state index in [2.05, 4.69) is 21.9 Å². The van der Waals surface area contributed by atoms with E-state index in [1.807, 2.05) is 0 Å². The number of methoxy groups -OCH3 is 1. The van der Waals surface area contributed by atoms with Crippen LogP contribution in [0.15, 0.2) is 0 Å². The van der Waals surface area contributed by atoms with E-state index in [1.54, 1.807) is 19.1 Å². The van der Waals surface area contributed by atoms with Crippen LogP contribution in [0.1, 0.15) is 103 Å². The highest BCUT2D eigenvalue weighted by atomic mass is 35.5. The van der Waals surface area contributed by atoms with Crippen molar-refractivity contribution in [3.05, 3.63) is 0 Å². The van der Waals surface area contributed by atoms with E-state index in [-0.39, 0.29) is 23.8 Å². The molecule has 230 valence electrons. The predicted octanol–water partition coefficient (Wildman–Crippen LogP) is 5.43. The molecule has 0 aromatic rings. The van der Waals surface area contributed by atoms with E-state index in [9.17, 15) is 14.4 Å². The van der Waals surface area contributed by atoms with Crippen LogP contribution in [0.5, 0.6) is 0 Å². The van der Waals surface area contributed by atoms with Gasteiger partial charge in [-0.25, -0.2) is 0 Å². The zero-order valence-electron chi connectivity index (χ0n) is 25.4. The number of nitrogens with one attached hydrogen (secondary N) is 1. The number of ether oxygens (including phenoxy) is 1. The molecule has 7 nitrogen and oxygen atoms in total. The first-order chi connectivity index (χ1) is 19.4. The quantitative estimate of drug-likeness (QED) is 0.334. The van der Waals surface area contributed by atoms with Gasteiger partial charge in [-0.1, -0.05) is 19.3 Å². The molecule has 5 fully saturated rings. The second-order valence-electron chi connectivity index (χ2n) is 13.1. The Bertz CT molecular complexity index is 754. The number of hydrogen-bond donors (Lipinski definition) is 1. The van der Waals surface area contributed by atoms with Crippen LogP contribution < -0.4 is 5.32 Å². The number of aldehydes is 1. The van der Waals surface area contributed by atoms with Gasteiger partial charge in [0.25, 0.3) is 0 Å². The van der Waals surface area contributed by atoms with Crippen molar-refractivity contribution in [3.8, 4) is 0 Å². The summed E-state index contributed by atoms with van der Waals surface area (Å²) < 4.78 is 4.25. The number of alkyl halides is 1. The molecule has 2 saturated heterocycles. The van der Waals surface area contributed by atoms with Crippen molar-refractivity contribution in [1.82, 2.24) is 15.1 Å². The number of hydrogen-bond acceptors (Lipinski definition) is 5. The molecular weight excluding hydrogens is 526 g/mol. The number of piperidine rings is 1. The minimum atomic E-state index is 0.0211. The normalized spacial score (nSPS) is 34.8. The number of carbonyl (C=O) groups is 3. The Hall–Kier alpha value is -1.18. The molecule has 2 amide bonds. The van der Waals surface area contributed by atoms with Crippen LogP contribution in [0.2, 0.25) is 0 Å². The zero-order chi connectivity index (χ0) is 28.9. The zero-order valence-corrected chi connectivity index (χ0v) is 26.2. The molecule has 0 aromatic heterocycles. The smallest absolute Gasteiger partial charge is 0.223 e. The summed E-state index contributed by atoms with van der Waals surface area (Å²) in [5.41, 5.74) is 0. The second kappa shape index (κ2) is 17.7. The Morgan fingerprint density at radius 1 is 0.900 bits per heavy atom. The lowest BCUT2D eigenvalue weighted by molar-refractivity contribution is -0.130. The van der Waals surface area contributed by atoms with Gasteiger partial charge in [-0.05, 0) is 95.8 Å². The highest BCUT2D eigenvalue weighted by Gasteiger charge is 2.40. The number of likely N-dealkylation sites (tertiary alicyclic amines) is 2. The van der Waals surface area contributed by atoms with Gasteiger partial charge < -0.3 is 19.7 Å². The molecule has 2 aliphatic heterocycles. The number of nitrogens with zero attached hydrogens (tertiary/aromatic N) is 2. The fourth-order valence-corrected chi connectivity index (χ4v) is 8.04. The van der Waals surface area contributed by atoms with Crippen LogP contribution in [0.4, 0.5) is 0 Å². The summed E-state index contributed by atoms with van der Waals surface area (Å²) in [6.45, 7) is 5.17. The standard InChI is InChI=1S/C16H28ClN.C14H22N2O3.C2H6O/c1-12-10-14-4-2-3-5-16(14)18(12)11-13-6-8-15(17)9-7-13;17-9-11-2-1-3-13(8-11)15-14(19)12-4-6-16(10-18)7-5-12;1-3-2/h12-16H,2-11H2,1H3;9-13H,1-8H2,(H,15,19);1-2H3. The average Bonchev–Trinajstić information content (AvgIpc) is 3.29. The van der Waals surface area contributed by atoms with Crippen LogP contribution in [-0.2, 0) is 19.1 Å². The van der Waals surface area contributed by atoms with Gasteiger partial charge in [0.1, 0.15) is 6.29 Å². The number of rotatable bonds is 6. The molecule has 0 spiro atoms. The third kappa shape index (κ3) is 10.3. The molecule has 5 unspecified atom stereocenters. The third-order valence-corrected chi connectivity index (χ3v) is 10.5. The number of halogens is 1. The van der Waals surface area contributed by atoms with Crippen molar-refractivity contribution in [2.24, 2.45) is 23.7 Å². The van der Waals surface area contributed by atoms with Gasteiger partial charge in [0.2, 0.25) is 12.3 Å². The Balaban J connectivity index is 0.000000201. The molecule has 8 heteroatoms. The van der Waals surface area contributed by atoms with E-state index in [0.717, 1.165) is 75.1 Å². The average molecular weight is 582 g/mol. The first-order valence-electron chi connectivity index (χ1n) is 16.1. The van der Waals surface area contributed by atoms with Gasteiger partial charge in [0, 0.05) is 69.2 Å². The fraction of sp³-hybridized carbons (Fsp3) is 0.906. The number of carbonyl (C=O) groups excluding carboxylic acids is 3. The monoisotopic (exact) mass is 581 g/mol. The predicted molar refractivity (Wildman–Crippen MR) is 161 cm³/mol.